The van der Waals surface area contributed by atoms with E-state index >= 15 is 35.1 Å². The van der Waals surface area contributed by atoms with Gasteiger partial charge in [0.2, 0.25) is 34.8 Å². The third-order valence-corrected chi connectivity index (χ3v) is 9.39. The minimum atomic E-state index is -2.41. The summed E-state index contributed by atoms with van der Waals surface area (Å²) in [6.45, 7) is 8.71. The van der Waals surface area contributed by atoms with Crippen LogP contribution in [-0.4, -0.2) is 37.9 Å². The molecule has 6 rings (SSSR count). The lowest BCUT2D eigenvalue weighted by molar-refractivity contribution is 0.302. The molecule has 9 nitrogen and oxygen atoms in total. The molecule has 6 aromatic carbocycles. The molecule has 0 saturated carbocycles. The highest BCUT2D eigenvalue weighted by atomic mass is 19.2. The molecule has 62 heavy (non-hydrogen) atoms. The van der Waals surface area contributed by atoms with Crippen LogP contribution in [0.15, 0.2) is 118 Å². The minimum absolute atomic E-state index is 0.0339. The maximum Gasteiger partial charge on any atom is 0.205 e. The van der Waals surface area contributed by atoms with Crippen molar-refractivity contribution >= 4 is 34.1 Å². The van der Waals surface area contributed by atoms with Crippen LogP contribution in [0, 0.1) is 46.5 Å². The number of hydrogen-bond donors (Lipinski definition) is 1. The number of hydrogen-bond acceptors (Lipinski definition) is 9. The lowest BCUT2D eigenvalue weighted by Crippen LogP contribution is -2.25. The highest BCUT2D eigenvalue weighted by molar-refractivity contribution is 5.70. The second kappa shape index (κ2) is 20.1. The molecule has 6 aromatic rings. The summed E-state index contributed by atoms with van der Waals surface area (Å²) >= 11 is 0. The van der Waals surface area contributed by atoms with E-state index in [9.17, 15) is 5.11 Å². The Morgan fingerprint density at radius 1 is 0.452 bits per heavy atom. The molecule has 322 valence electrons. The van der Waals surface area contributed by atoms with Crippen LogP contribution in [0.1, 0.15) is 27.2 Å². The molecule has 0 aromatic heterocycles. The molecule has 0 aliphatic carbocycles. The van der Waals surface area contributed by atoms with E-state index in [-0.39, 0.29) is 29.5 Å². The molecular formula is C45H38F8N6O3. The van der Waals surface area contributed by atoms with Gasteiger partial charge in [0.25, 0.3) is 0 Å². The van der Waals surface area contributed by atoms with E-state index in [1.807, 2.05) is 36.9 Å². The Hall–Kier alpha value is -6.88. The van der Waals surface area contributed by atoms with Gasteiger partial charge in [0, 0.05) is 43.6 Å². The van der Waals surface area contributed by atoms with E-state index in [1.165, 1.54) is 24.3 Å². The summed E-state index contributed by atoms with van der Waals surface area (Å²) in [5.41, 5.74) is -1.05. The predicted octanol–water partition coefficient (Wildman–Crippen LogP) is 13.9. The highest BCUT2D eigenvalue weighted by Crippen LogP contribution is 2.44. The number of ether oxygens (including phenoxy) is 2. The molecule has 0 spiro atoms. The van der Waals surface area contributed by atoms with Gasteiger partial charge in [-0.25, -0.2) is 17.6 Å². The van der Waals surface area contributed by atoms with Gasteiger partial charge < -0.3 is 24.4 Å². The number of nitrogens with zero attached hydrogens (tertiary/aromatic N) is 6. The molecule has 0 heterocycles. The quantitative estimate of drug-likeness (QED) is 0.0560. The lowest BCUT2D eigenvalue weighted by atomic mass is 10.0. The van der Waals surface area contributed by atoms with E-state index < -0.39 is 69.2 Å². The fourth-order valence-corrected chi connectivity index (χ4v) is 6.31. The standard InChI is InChI=1S/C45H38F8N6O3/c1-4-21-58(5-2)31-11-7-9-28(24-31)56-55-27-15-19-32(20-16-27)61-44-40(50)36(46)34(37(47)41(44)51)35-38(48)42(52)45(43(53)39(35)49)62-33-12-8-10-29(25-33)57-54-26-13-17-30(18-14-26)59(6-3)22-23-60/h7-20,24-25,60H,4-6,21-23H2,1-3H3. The second-order valence-electron chi connectivity index (χ2n) is 13.4. The Morgan fingerprint density at radius 2 is 0.887 bits per heavy atom. The van der Waals surface area contributed by atoms with Crippen molar-refractivity contribution in [3.63, 3.8) is 0 Å². The van der Waals surface area contributed by atoms with E-state index in [1.54, 1.807) is 30.3 Å². The number of anilines is 2. The Labute approximate surface area is 351 Å². The van der Waals surface area contributed by atoms with Crippen LogP contribution >= 0.6 is 0 Å². The van der Waals surface area contributed by atoms with Crippen LogP contribution in [0.3, 0.4) is 0 Å². The molecule has 0 radical (unpaired) electrons. The SMILES string of the molecule is CCCN(CC)c1cccc(N=Nc2ccc(Oc3c(F)c(F)c(-c4c(F)c(F)c(Oc5cccc(N=Nc6ccc(N(CC)CCO)cc6)c5)c(F)c4F)c(F)c3F)cc2)c1. The number of aliphatic hydroxyl groups excluding tert-OH is 1. The Balaban J connectivity index is 1.20. The monoisotopic (exact) mass is 862 g/mol. The Kier molecular flexibility index (Phi) is 14.5. The number of aliphatic hydroxyl groups is 1. The van der Waals surface area contributed by atoms with Crippen LogP contribution in [0.2, 0.25) is 0 Å². The van der Waals surface area contributed by atoms with E-state index in [2.05, 4.69) is 32.3 Å². The molecule has 1 N–H and O–H groups in total. The van der Waals surface area contributed by atoms with Gasteiger partial charge in [0.15, 0.2) is 23.3 Å². The zero-order valence-corrected chi connectivity index (χ0v) is 33.5. The van der Waals surface area contributed by atoms with Gasteiger partial charge in [-0.2, -0.15) is 38.0 Å². The Bertz CT molecular complexity index is 2540. The van der Waals surface area contributed by atoms with Crippen molar-refractivity contribution in [1.82, 2.24) is 0 Å². The summed E-state index contributed by atoms with van der Waals surface area (Å²) in [5.74, 6) is -22.7. The molecule has 0 saturated heterocycles. The molecule has 0 fully saturated rings. The molecule has 0 unspecified atom stereocenters. The predicted molar refractivity (Wildman–Crippen MR) is 219 cm³/mol. The zero-order valence-electron chi connectivity index (χ0n) is 33.5. The lowest BCUT2D eigenvalue weighted by Gasteiger charge is -2.22. The van der Waals surface area contributed by atoms with Gasteiger partial charge in [-0.15, -0.1) is 0 Å². The van der Waals surface area contributed by atoms with Crippen molar-refractivity contribution in [2.24, 2.45) is 20.5 Å². The normalized spacial score (nSPS) is 11.5. The number of halogens is 8. The molecule has 0 aliphatic heterocycles. The molecule has 0 bridgehead atoms. The van der Waals surface area contributed by atoms with Crippen LogP contribution in [-0.2, 0) is 0 Å². The van der Waals surface area contributed by atoms with E-state index in [4.69, 9.17) is 9.47 Å². The second-order valence-corrected chi connectivity index (χ2v) is 13.4. The molecule has 0 atom stereocenters. The van der Waals surface area contributed by atoms with Crippen LogP contribution < -0.4 is 19.3 Å². The highest BCUT2D eigenvalue weighted by Gasteiger charge is 2.35. The van der Waals surface area contributed by atoms with Crippen LogP contribution in [0.25, 0.3) is 11.1 Å². The number of likely N-dealkylation sites (N-methyl/N-ethyl adjacent to an activating group) is 1. The Morgan fingerprint density at radius 3 is 1.37 bits per heavy atom. The topological polar surface area (TPSA) is 94.6 Å². The first-order valence-electron chi connectivity index (χ1n) is 19.3. The average Bonchev–Trinajstić information content (AvgIpc) is 3.29. The fourth-order valence-electron chi connectivity index (χ4n) is 6.31. The third-order valence-electron chi connectivity index (χ3n) is 9.39. The van der Waals surface area contributed by atoms with Crippen molar-refractivity contribution in [2.45, 2.75) is 27.2 Å². The van der Waals surface area contributed by atoms with Crippen molar-refractivity contribution < 1.29 is 49.7 Å². The van der Waals surface area contributed by atoms with Crippen molar-refractivity contribution in [2.75, 3.05) is 42.6 Å². The van der Waals surface area contributed by atoms with Crippen LogP contribution in [0.4, 0.5) is 69.2 Å². The van der Waals surface area contributed by atoms with Gasteiger partial charge in [-0.3, -0.25) is 0 Å². The van der Waals surface area contributed by atoms with Gasteiger partial charge >= 0.3 is 0 Å². The summed E-state index contributed by atoms with van der Waals surface area (Å²) in [6.07, 6.45) is 0.949. The van der Waals surface area contributed by atoms with E-state index in [0.717, 1.165) is 55.2 Å². The van der Waals surface area contributed by atoms with E-state index in [0.29, 0.717) is 24.5 Å². The van der Waals surface area contributed by atoms with Crippen LogP contribution in [0.5, 0.6) is 23.0 Å². The molecule has 0 aliphatic rings. The summed E-state index contributed by atoms with van der Waals surface area (Å²) in [4.78, 5) is 4.10. The van der Waals surface area contributed by atoms with Gasteiger partial charge in [-0.1, -0.05) is 19.1 Å². The van der Waals surface area contributed by atoms with Crippen molar-refractivity contribution in [3.8, 4) is 34.1 Å². The smallest absolute Gasteiger partial charge is 0.205 e. The largest absolute Gasteiger partial charge is 0.451 e. The van der Waals surface area contributed by atoms with Crippen molar-refractivity contribution in [1.29, 1.82) is 0 Å². The molecule has 0 amide bonds. The number of rotatable bonds is 17. The summed E-state index contributed by atoms with van der Waals surface area (Å²) < 4.78 is 133. The van der Waals surface area contributed by atoms with Crippen molar-refractivity contribution in [3.05, 3.63) is 144 Å². The number of azo groups is 2. The summed E-state index contributed by atoms with van der Waals surface area (Å²) in [7, 11) is 0. The zero-order chi connectivity index (χ0) is 44.5. The summed E-state index contributed by atoms with van der Waals surface area (Å²) in [6, 6.07) is 24.2. The fraction of sp³-hybridized carbons (Fsp3) is 0.200. The average molecular weight is 863 g/mol. The molecule has 17 heteroatoms. The van der Waals surface area contributed by atoms with Gasteiger partial charge in [0.1, 0.15) is 11.5 Å². The first-order chi connectivity index (χ1) is 29.9. The maximum absolute atomic E-state index is 15.5. The van der Waals surface area contributed by atoms with Gasteiger partial charge in [0.05, 0.1) is 40.5 Å². The first-order valence-corrected chi connectivity index (χ1v) is 19.3. The molecular weight excluding hydrogens is 825 g/mol. The third kappa shape index (κ3) is 9.84. The number of benzene rings is 6. The summed E-state index contributed by atoms with van der Waals surface area (Å²) in [5, 5.41) is 25.7. The van der Waals surface area contributed by atoms with Gasteiger partial charge in [-0.05, 0) is 99.1 Å². The maximum atomic E-state index is 15.5. The first kappa shape index (κ1) is 44.7. The minimum Gasteiger partial charge on any atom is -0.451 e.